The van der Waals surface area contributed by atoms with E-state index in [1.807, 2.05) is 30.3 Å². The van der Waals surface area contributed by atoms with Gasteiger partial charge in [0.05, 0.1) is 0 Å². The van der Waals surface area contributed by atoms with Crippen LogP contribution >= 0.6 is 0 Å². The van der Waals surface area contributed by atoms with Gasteiger partial charge in [-0.15, -0.1) is 0 Å². The molecule has 0 saturated heterocycles. The van der Waals surface area contributed by atoms with Gasteiger partial charge in [0.15, 0.2) is 0 Å². The topological polar surface area (TPSA) is 0 Å². The minimum atomic E-state index is 0. The van der Waals surface area contributed by atoms with Crippen molar-refractivity contribution in [2.75, 3.05) is 0 Å². The number of hydrogen-bond donors (Lipinski definition) is 0. The zero-order valence-electron chi connectivity index (χ0n) is 13.4. The van der Waals surface area contributed by atoms with Crippen LogP contribution in [0.4, 0.5) is 0 Å². The molecule has 0 heterocycles. The summed E-state index contributed by atoms with van der Waals surface area (Å²) in [5.74, 6) is 0. The summed E-state index contributed by atoms with van der Waals surface area (Å²) in [6.45, 7) is 17.7. The first-order valence-corrected chi connectivity index (χ1v) is 6.57. The molecule has 2 rings (SSSR count). The molecule has 0 spiro atoms. The van der Waals surface area contributed by atoms with Crippen molar-refractivity contribution in [1.29, 1.82) is 0 Å². The van der Waals surface area contributed by atoms with Crippen LogP contribution < -0.4 is 0 Å². The van der Waals surface area contributed by atoms with E-state index in [-0.39, 0.29) is 22.4 Å². The van der Waals surface area contributed by atoms with Crippen molar-refractivity contribution in [2.45, 2.75) is 34.6 Å². The van der Waals surface area contributed by atoms with Crippen molar-refractivity contribution < 1.29 is 22.4 Å². The molecule has 0 aliphatic heterocycles. The molecule has 1 heteroatoms. The van der Waals surface area contributed by atoms with Gasteiger partial charge in [0.2, 0.25) is 0 Å². The van der Waals surface area contributed by atoms with E-state index < -0.39 is 0 Å². The standard InChI is InChI=1S/C10H15.C5H5.C4H6.Ta/c1-6-7(2)9(4)10(5)8(6)3;1-2-4-5-3-1;1-3-4-2;/h1-5H3;1-5H;3-4H,1-2H2;/q-1;-5;;. The molecular weight excluding hydrogens is 409 g/mol. The number of allylic oxidation sites excluding steroid dienone is 2. The molecule has 0 nitrogen and oxygen atoms in total. The molecule has 20 heavy (non-hydrogen) atoms. The summed E-state index contributed by atoms with van der Waals surface area (Å²) in [6.07, 6.45) is 3.28. The minimum absolute atomic E-state index is 0. The van der Waals surface area contributed by atoms with Crippen molar-refractivity contribution in [1.82, 2.24) is 0 Å². The summed E-state index contributed by atoms with van der Waals surface area (Å²) in [5, 5.41) is 0. The van der Waals surface area contributed by atoms with E-state index in [0.29, 0.717) is 0 Å². The van der Waals surface area contributed by atoms with Gasteiger partial charge in [-0.25, -0.2) is 0 Å². The molecule has 0 bridgehead atoms. The third kappa shape index (κ3) is 6.91. The maximum Gasteiger partial charge on any atom is 0 e. The Kier molecular flexibility index (Phi) is 12.4. The molecule has 0 amide bonds. The zero-order chi connectivity index (χ0) is 14.8. The second kappa shape index (κ2) is 11.7. The molecule has 2 aromatic carbocycles. The quantitative estimate of drug-likeness (QED) is 0.398. The third-order valence-corrected chi connectivity index (χ3v) is 3.53. The van der Waals surface area contributed by atoms with Gasteiger partial charge in [0, 0.05) is 22.4 Å². The molecule has 0 aliphatic carbocycles. The first-order chi connectivity index (χ1) is 8.97. The molecule has 0 unspecified atom stereocenters. The van der Waals surface area contributed by atoms with Crippen molar-refractivity contribution >= 4 is 0 Å². The molecule has 0 saturated carbocycles. The number of hydrogen-bond acceptors (Lipinski definition) is 0. The summed E-state index contributed by atoms with van der Waals surface area (Å²) in [6, 6.07) is 10.0. The molecule has 0 aliphatic rings. The average Bonchev–Trinajstić information content (AvgIpc) is 3.06. The fraction of sp³-hybridized carbons (Fsp3) is 0.263. The van der Waals surface area contributed by atoms with Crippen LogP contribution in [0.15, 0.2) is 55.6 Å². The van der Waals surface area contributed by atoms with Crippen LogP contribution in [0.5, 0.6) is 0 Å². The molecule has 113 valence electrons. The van der Waals surface area contributed by atoms with Gasteiger partial charge in [0.1, 0.15) is 0 Å². The molecule has 1 radical (unpaired) electrons. The fourth-order valence-corrected chi connectivity index (χ4v) is 1.73. The molecule has 0 fully saturated rings. The van der Waals surface area contributed by atoms with Crippen LogP contribution in [0.1, 0.15) is 27.8 Å². The van der Waals surface area contributed by atoms with Crippen molar-refractivity contribution in [3.63, 3.8) is 0 Å². The molecular formula is C19H26Ta-6. The average molecular weight is 435 g/mol. The Hall–Kier alpha value is -1.08. The Morgan fingerprint density at radius 1 is 0.750 bits per heavy atom. The van der Waals surface area contributed by atoms with Crippen LogP contribution in [0.25, 0.3) is 0 Å². The maximum absolute atomic E-state index is 3.36. The van der Waals surface area contributed by atoms with E-state index in [1.165, 1.54) is 27.8 Å². The van der Waals surface area contributed by atoms with Gasteiger partial charge in [-0.05, 0) is 0 Å². The molecule has 0 aromatic heterocycles. The summed E-state index contributed by atoms with van der Waals surface area (Å²) in [7, 11) is 0. The molecule has 2 aromatic rings. The normalized spacial score (nSPS) is 8.25. The second-order valence-electron chi connectivity index (χ2n) is 4.56. The fourth-order valence-electron chi connectivity index (χ4n) is 1.73. The Balaban J connectivity index is 0. The van der Waals surface area contributed by atoms with Crippen LogP contribution in [-0.2, 0) is 22.4 Å². The van der Waals surface area contributed by atoms with Gasteiger partial charge in [-0.1, -0.05) is 59.9 Å². The minimum Gasteiger partial charge on any atom is -0.748 e. The van der Waals surface area contributed by atoms with E-state index in [2.05, 4.69) is 47.8 Å². The van der Waals surface area contributed by atoms with Crippen LogP contribution in [0.2, 0.25) is 0 Å². The predicted octanol–water partition coefficient (Wildman–Crippen LogP) is 5.71. The smallest absolute Gasteiger partial charge is 0 e. The van der Waals surface area contributed by atoms with Gasteiger partial charge >= 0.3 is 0 Å². The van der Waals surface area contributed by atoms with Gasteiger partial charge < -0.3 is 30.3 Å². The van der Waals surface area contributed by atoms with E-state index >= 15 is 0 Å². The van der Waals surface area contributed by atoms with E-state index in [9.17, 15) is 0 Å². The van der Waals surface area contributed by atoms with E-state index in [4.69, 9.17) is 0 Å². The summed E-state index contributed by atoms with van der Waals surface area (Å²) < 4.78 is 0. The Morgan fingerprint density at radius 2 is 1.00 bits per heavy atom. The predicted molar refractivity (Wildman–Crippen MR) is 88.1 cm³/mol. The van der Waals surface area contributed by atoms with Gasteiger partial charge in [-0.2, -0.15) is 27.8 Å². The monoisotopic (exact) mass is 435 g/mol. The first kappa shape index (κ1) is 21.2. The van der Waals surface area contributed by atoms with Crippen LogP contribution in [-0.4, -0.2) is 0 Å². The van der Waals surface area contributed by atoms with Crippen molar-refractivity contribution in [3.05, 3.63) is 83.5 Å². The van der Waals surface area contributed by atoms with E-state index in [1.54, 1.807) is 12.2 Å². The van der Waals surface area contributed by atoms with Crippen molar-refractivity contribution in [3.8, 4) is 0 Å². The second-order valence-corrected chi connectivity index (χ2v) is 4.56. The molecule has 0 N–H and O–H groups in total. The van der Waals surface area contributed by atoms with E-state index in [0.717, 1.165) is 0 Å². The Bertz CT molecular complexity index is 381. The summed E-state index contributed by atoms with van der Waals surface area (Å²) in [4.78, 5) is 0. The van der Waals surface area contributed by atoms with Crippen LogP contribution in [0.3, 0.4) is 0 Å². The number of rotatable bonds is 1. The van der Waals surface area contributed by atoms with Gasteiger partial charge in [-0.3, -0.25) is 0 Å². The summed E-state index contributed by atoms with van der Waals surface area (Å²) >= 11 is 0. The van der Waals surface area contributed by atoms with Crippen LogP contribution in [0, 0.1) is 34.6 Å². The third-order valence-electron chi connectivity index (χ3n) is 3.53. The summed E-state index contributed by atoms with van der Waals surface area (Å²) in [5.41, 5.74) is 7.34. The van der Waals surface area contributed by atoms with Gasteiger partial charge in [0.25, 0.3) is 0 Å². The Labute approximate surface area is 140 Å². The Morgan fingerprint density at radius 3 is 1.10 bits per heavy atom. The zero-order valence-corrected chi connectivity index (χ0v) is 16.6. The molecule has 0 atom stereocenters. The maximum atomic E-state index is 3.36. The SMILES string of the molecule is C=CC=C.Cc1c(C)c(C)[c-](C)c1C.[Ta].[cH-]1[cH-][cH-][cH-][cH-]1. The first-order valence-electron chi connectivity index (χ1n) is 6.57. The van der Waals surface area contributed by atoms with Crippen molar-refractivity contribution in [2.24, 2.45) is 0 Å². The largest absolute Gasteiger partial charge is 0.748 e.